The van der Waals surface area contributed by atoms with Crippen LogP contribution in [0, 0.1) is 33.5 Å². The summed E-state index contributed by atoms with van der Waals surface area (Å²) in [6.07, 6.45) is 13.8. The third-order valence-electron chi connectivity index (χ3n) is 11.1. The van der Waals surface area contributed by atoms with E-state index in [0.717, 1.165) is 57.8 Å². The van der Waals surface area contributed by atoms with Crippen molar-refractivity contribution in [3.05, 3.63) is 34.4 Å². The van der Waals surface area contributed by atoms with Crippen molar-refractivity contribution in [1.82, 2.24) is 0 Å². The second-order valence-electron chi connectivity index (χ2n) is 14.3. The lowest BCUT2D eigenvalue weighted by Gasteiger charge is -2.57. The highest BCUT2D eigenvalue weighted by atomic mass is 16.5. The van der Waals surface area contributed by atoms with Crippen molar-refractivity contribution >= 4 is 11.9 Å². The number of esters is 2. The molecule has 4 aliphatic carbocycles. The molecular formula is C33H50O4. The van der Waals surface area contributed by atoms with Gasteiger partial charge in [0.25, 0.3) is 0 Å². The lowest BCUT2D eigenvalue weighted by atomic mass is 9.49. The standard InChI is InChI=1S/C33H50O4/c1-21-14-17-33(29(35)36-9)19-18-30(4,5)20-26(33)24(21)11-12-25-22(2)10-13-27-31(6,7)28(37-23(3)34)15-16-32(25,27)8/h11-12,26-28H,10,13-20H2,1-9H3/b12-11-/t26-,27-,28-,32+,33+/m0/s1. The van der Waals surface area contributed by atoms with E-state index in [2.05, 4.69) is 60.6 Å². The zero-order valence-electron chi connectivity index (χ0n) is 24.9. The molecule has 4 aliphatic rings. The Kier molecular flexibility index (Phi) is 7.40. The molecule has 2 saturated carbocycles. The minimum Gasteiger partial charge on any atom is -0.469 e. The molecule has 2 fully saturated rings. The Hall–Kier alpha value is -1.84. The number of fused-ring (bicyclic) bond motifs is 2. The molecule has 0 spiro atoms. The fourth-order valence-corrected chi connectivity index (χ4v) is 8.89. The average Bonchev–Trinajstić information content (AvgIpc) is 2.81. The Bertz CT molecular complexity index is 1040. The number of ether oxygens (including phenoxy) is 2. The van der Waals surface area contributed by atoms with Crippen molar-refractivity contribution in [3.8, 4) is 0 Å². The van der Waals surface area contributed by atoms with Crippen LogP contribution in [0.25, 0.3) is 0 Å². The highest BCUT2D eigenvalue weighted by molar-refractivity contribution is 5.78. The zero-order chi connectivity index (χ0) is 27.4. The molecule has 4 heteroatoms. The molecule has 206 valence electrons. The summed E-state index contributed by atoms with van der Waals surface area (Å²) in [6.45, 7) is 17.8. The molecular weight excluding hydrogens is 460 g/mol. The monoisotopic (exact) mass is 510 g/mol. The van der Waals surface area contributed by atoms with E-state index in [1.165, 1.54) is 29.2 Å². The van der Waals surface area contributed by atoms with Gasteiger partial charge in [0.05, 0.1) is 12.5 Å². The molecule has 0 radical (unpaired) electrons. The number of hydrogen-bond donors (Lipinski definition) is 0. The van der Waals surface area contributed by atoms with E-state index in [0.29, 0.717) is 5.92 Å². The smallest absolute Gasteiger partial charge is 0.312 e. The molecule has 0 aromatic rings. The first-order chi connectivity index (χ1) is 17.2. The van der Waals surface area contributed by atoms with E-state index in [-0.39, 0.29) is 40.2 Å². The normalized spacial score (nSPS) is 37.2. The van der Waals surface area contributed by atoms with Gasteiger partial charge in [0.1, 0.15) is 6.10 Å². The number of methoxy groups -OCH3 is 1. The predicted octanol–water partition coefficient (Wildman–Crippen LogP) is 8.12. The molecule has 37 heavy (non-hydrogen) atoms. The van der Waals surface area contributed by atoms with Gasteiger partial charge < -0.3 is 9.47 Å². The van der Waals surface area contributed by atoms with Crippen LogP contribution in [0.4, 0.5) is 0 Å². The summed E-state index contributed by atoms with van der Waals surface area (Å²) in [4.78, 5) is 25.1. The van der Waals surface area contributed by atoms with E-state index in [1.54, 1.807) is 7.11 Å². The lowest BCUT2D eigenvalue weighted by Crippen LogP contribution is -2.53. The molecule has 4 rings (SSSR count). The van der Waals surface area contributed by atoms with Crippen molar-refractivity contribution < 1.29 is 19.1 Å². The number of carbonyl (C=O) groups excluding carboxylic acids is 2. The first-order valence-electron chi connectivity index (χ1n) is 14.5. The fourth-order valence-electron chi connectivity index (χ4n) is 8.89. The lowest BCUT2D eigenvalue weighted by molar-refractivity contribution is -0.166. The maximum absolute atomic E-state index is 13.2. The van der Waals surface area contributed by atoms with E-state index in [9.17, 15) is 9.59 Å². The summed E-state index contributed by atoms with van der Waals surface area (Å²) < 4.78 is 11.3. The number of rotatable bonds is 4. The van der Waals surface area contributed by atoms with Crippen molar-refractivity contribution in [2.75, 3.05) is 7.11 Å². The second kappa shape index (κ2) is 9.72. The van der Waals surface area contributed by atoms with Crippen LogP contribution in [0.5, 0.6) is 0 Å². The summed E-state index contributed by atoms with van der Waals surface area (Å²) in [5.41, 5.74) is 5.53. The van der Waals surface area contributed by atoms with Gasteiger partial charge in [0.15, 0.2) is 0 Å². The molecule has 0 aliphatic heterocycles. The summed E-state index contributed by atoms with van der Waals surface area (Å²) in [5, 5.41) is 0. The van der Waals surface area contributed by atoms with Crippen LogP contribution < -0.4 is 0 Å². The third-order valence-corrected chi connectivity index (χ3v) is 11.1. The summed E-state index contributed by atoms with van der Waals surface area (Å²) >= 11 is 0. The Morgan fingerprint density at radius 1 is 0.892 bits per heavy atom. The maximum atomic E-state index is 13.2. The van der Waals surface area contributed by atoms with Gasteiger partial charge in [-0.1, -0.05) is 57.9 Å². The SMILES string of the molecule is COC(=O)[C@@]12CCC(C)=C(/C=C\C3=C(C)CC[C@H]4C(C)(C)[C@@H](OC(C)=O)CC[C@]34C)[C@@H]1CC(C)(C)CC2. The van der Waals surface area contributed by atoms with Gasteiger partial charge in [0, 0.05) is 18.3 Å². The zero-order valence-corrected chi connectivity index (χ0v) is 24.9. The van der Waals surface area contributed by atoms with Crippen LogP contribution >= 0.6 is 0 Å². The van der Waals surface area contributed by atoms with Crippen LogP contribution in [0.3, 0.4) is 0 Å². The maximum Gasteiger partial charge on any atom is 0.312 e. The van der Waals surface area contributed by atoms with E-state index in [1.807, 2.05) is 0 Å². The number of allylic oxidation sites excluding steroid dienone is 6. The Morgan fingerprint density at radius 3 is 2.24 bits per heavy atom. The van der Waals surface area contributed by atoms with Gasteiger partial charge >= 0.3 is 11.9 Å². The van der Waals surface area contributed by atoms with Gasteiger partial charge in [0.2, 0.25) is 0 Å². The third kappa shape index (κ3) is 4.76. The highest BCUT2D eigenvalue weighted by Crippen LogP contribution is 2.61. The molecule has 0 aromatic carbocycles. The van der Waals surface area contributed by atoms with E-state index in [4.69, 9.17) is 9.47 Å². The quantitative estimate of drug-likeness (QED) is 0.358. The largest absolute Gasteiger partial charge is 0.469 e. The molecule has 0 heterocycles. The van der Waals surface area contributed by atoms with Crippen LogP contribution in [0.15, 0.2) is 34.4 Å². The van der Waals surface area contributed by atoms with Gasteiger partial charge in [-0.25, -0.2) is 0 Å². The Labute approximate surface area is 225 Å². The van der Waals surface area contributed by atoms with Crippen molar-refractivity contribution in [2.45, 2.75) is 119 Å². The summed E-state index contributed by atoms with van der Waals surface area (Å²) in [6, 6.07) is 0. The molecule has 0 amide bonds. The predicted molar refractivity (Wildman–Crippen MR) is 149 cm³/mol. The summed E-state index contributed by atoms with van der Waals surface area (Å²) in [5.74, 6) is 0.467. The molecule has 0 N–H and O–H groups in total. The molecule has 0 unspecified atom stereocenters. The molecule has 5 atom stereocenters. The van der Waals surface area contributed by atoms with Gasteiger partial charge in [-0.3, -0.25) is 9.59 Å². The first kappa shape index (κ1) is 28.2. The van der Waals surface area contributed by atoms with Crippen LogP contribution in [-0.4, -0.2) is 25.2 Å². The molecule has 0 saturated heterocycles. The van der Waals surface area contributed by atoms with Gasteiger partial charge in [-0.2, -0.15) is 0 Å². The minimum atomic E-state index is -0.393. The highest BCUT2D eigenvalue weighted by Gasteiger charge is 2.56. The molecule has 0 aromatic heterocycles. The number of hydrogen-bond acceptors (Lipinski definition) is 4. The average molecular weight is 511 g/mol. The van der Waals surface area contributed by atoms with Crippen molar-refractivity contribution in [2.24, 2.45) is 33.5 Å². The van der Waals surface area contributed by atoms with E-state index < -0.39 is 5.41 Å². The van der Waals surface area contributed by atoms with E-state index >= 15 is 0 Å². The second-order valence-corrected chi connectivity index (χ2v) is 14.3. The van der Waals surface area contributed by atoms with Crippen molar-refractivity contribution in [1.29, 1.82) is 0 Å². The van der Waals surface area contributed by atoms with Crippen LogP contribution in [0.1, 0.15) is 113 Å². The van der Waals surface area contributed by atoms with Crippen molar-refractivity contribution in [3.63, 3.8) is 0 Å². The Balaban J connectivity index is 1.71. The summed E-state index contributed by atoms with van der Waals surface area (Å²) in [7, 11) is 1.56. The minimum absolute atomic E-state index is 0.0166. The Morgan fingerprint density at radius 2 is 1.59 bits per heavy atom. The molecule has 4 nitrogen and oxygen atoms in total. The first-order valence-corrected chi connectivity index (χ1v) is 14.5. The van der Waals surface area contributed by atoms with Gasteiger partial charge in [-0.05, 0) is 99.5 Å². The number of carbonyl (C=O) groups is 2. The topological polar surface area (TPSA) is 52.6 Å². The van der Waals surface area contributed by atoms with Crippen LogP contribution in [-0.2, 0) is 19.1 Å². The fraction of sp³-hybridized carbons (Fsp3) is 0.758. The van der Waals surface area contributed by atoms with Crippen LogP contribution in [0.2, 0.25) is 0 Å². The van der Waals surface area contributed by atoms with Gasteiger partial charge in [-0.15, -0.1) is 0 Å². The molecule has 0 bridgehead atoms.